The highest BCUT2D eigenvalue weighted by atomic mass is 16.2. The van der Waals surface area contributed by atoms with E-state index in [0.717, 1.165) is 43.3 Å². The summed E-state index contributed by atoms with van der Waals surface area (Å²) in [5, 5.41) is 6.10. The van der Waals surface area contributed by atoms with Gasteiger partial charge in [0, 0.05) is 31.1 Å². The van der Waals surface area contributed by atoms with Gasteiger partial charge in [-0.05, 0) is 108 Å². The number of terminal acetylenes is 1. The molecule has 4 bridgehead atoms. The second-order valence-electron chi connectivity index (χ2n) is 14.6. The number of nitrogens with zero attached hydrogens (tertiary/aromatic N) is 3. The van der Waals surface area contributed by atoms with Crippen molar-refractivity contribution in [1.82, 2.24) is 15.5 Å². The van der Waals surface area contributed by atoms with Gasteiger partial charge in [-0.2, -0.15) is 0 Å². The maximum absolute atomic E-state index is 12.0. The molecule has 0 radical (unpaired) electrons. The molecule has 6 aliphatic rings. The Hall–Kier alpha value is -4.71. The maximum atomic E-state index is 12.0. The summed E-state index contributed by atoms with van der Waals surface area (Å²) in [6, 6.07) is 12.3. The Bertz CT molecular complexity index is 1490. The molecular weight excluding hydrogens is 671 g/mol. The molecule has 1 heterocycles. The van der Waals surface area contributed by atoms with E-state index in [1.807, 2.05) is 84.3 Å². The SMILES string of the molecule is C#CN=C[C@@H]1CC2C=CC1C2.C1=CCC=C1.C=CC=O.C=CC=[N+](C)C.CN1C(=O)[C@H](Cc2ccccc2)NC1(C)C.CNC.O=C[C@@H]1CC2C=CC1C2. The van der Waals surface area contributed by atoms with Gasteiger partial charge >= 0.3 is 0 Å². The van der Waals surface area contributed by atoms with E-state index in [4.69, 9.17) is 11.2 Å². The zero-order valence-electron chi connectivity index (χ0n) is 33.8. The highest BCUT2D eigenvalue weighted by molar-refractivity contribution is 5.85. The molecule has 2 N–H and O–H groups in total. The van der Waals surface area contributed by atoms with Crippen molar-refractivity contribution < 1.29 is 19.0 Å². The molecule has 1 saturated heterocycles. The van der Waals surface area contributed by atoms with Gasteiger partial charge in [-0.15, -0.1) is 0 Å². The van der Waals surface area contributed by atoms with Gasteiger partial charge in [0.1, 0.15) is 26.7 Å². The molecule has 2 saturated carbocycles. The summed E-state index contributed by atoms with van der Waals surface area (Å²) < 4.78 is 1.94. The Kier molecular flexibility index (Phi) is 23.6. The highest BCUT2D eigenvalue weighted by Crippen LogP contribution is 2.43. The van der Waals surface area contributed by atoms with Crippen LogP contribution in [0.25, 0.3) is 0 Å². The van der Waals surface area contributed by atoms with Crippen molar-refractivity contribution in [2.24, 2.45) is 40.5 Å². The van der Waals surface area contributed by atoms with Crippen LogP contribution >= 0.6 is 0 Å². The average molecular weight is 737 g/mol. The predicted octanol–water partition coefficient (Wildman–Crippen LogP) is 6.88. The van der Waals surface area contributed by atoms with E-state index >= 15 is 0 Å². The Morgan fingerprint density at radius 3 is 1.78 bits per heavy atom. The van der Waals surface area contributed by atoms with Crippen LogP contribution in [0.15, 0.2) is 109 Å². The molecule has 7 rings (SSSR count). The lowest BCUT2D eigenvalue weighted by Gasteiger charge is -2.27. The van der Waals surface area contributed by atoms with Crippen LogP contribution < -0.4 is 10.6 Å². The number of carbonyl (C=O) groups is 3. The van der Waals surface area contributed by atoms with Crippen LogP contribution in [-0.4, -0.2) is 87.3 Å². The standard InChI is InChI=1S/C13H18N2O.C10H11N.C8H10O.C5H10N.C5H6.C3H4O.C2H7N/c1-13(2)14-11(12(16)15(13)3)9-10-7-5-4-6-8-10;1-2-11-7-10-6-8-3-4-9(10)5-8;9-5-8-4-6-1-2-7(8)3-6;1-4-5-6(2)3;1-2-4-5-3-1;1-2-3-4;1-3-2/h4-8,11,14H,9H2,1-3H3;1,3-4,7-10H,5-6H2;1-2,5-8H,3-4H2;4-5H,1H2,2-3H3;1-4H,5H2;2-3H,1H2;3H,1-2H3/q;;;+1;;;/t11-;8?,9?,10-;6?,7?,8-;;;;/m000..../s1. The molecule has 0 spiro atoms. The summed E-state index contributed by atoms with van der Waals surface area (Å²) in [7, 11) is 9.52. The minimum atomic E-state index is -0.240. The number of amides is 1. The topological polar surface area (TPSA) is 93.9 Å². The van der Waals surface area contributed by atoms with Crippen LogP contribution in [-0.2, 0) is 20.8 Å². The number of fused-ring (bicyclic) bond motifs is 4. The molecule has 4 unspecified atom stereocenters. The first-order valence-corrected chi connectivity index (χ1v) is 18.9. The molecule has 54 heavy (non-hydrogen) atoms. The van der Waals surface area contributed by atoms with Gasteiger partial charge < -0.3 is 15.0 Å². The number of likely N-dealkylation sites (N-methyl/N-ethyl adjacent to an activating group) is 1. The van der Waals surface area contributed by atoms with Crippen molar-refractivity contribution in [2.75, 3.05) is 35.2 Å². The first kappa shape index (κ1) is 47.3. The minimum Gasteiger partial charge on any atom is -0.327 e. The number of nitrogens with one attached hydrogen (secondary N) is 2. The molecule has 1 aromatic rings. The average Bonchev–Trinajstić information content (AvgIpc) is 4.04. The summed E-state index contributed by atoms with van der Waals surface area (Å²) in [6.45, 7) is 10.7. The van der Waals surface area contributed by atoms with Crippen LogP contribution in [0.1, 0.15) is 51.5 Å². The van der Waals surface area contributed by atoms with E-state index in [0.29, 0.717) is 24.0 Å². The van der Waals surface area contributed by atoms with Gasteiger partial charge in [-0.1, -0.05) is 98.5 Å². The van der Waals surface area contributed by atoms with E-state index in [-0.39, 0.29) is 17.6 Å². The molecule has 1 aliphatic heterocycles. The summed E-state index contributed by atoms with van der Waals surface area (Å²) in [5.74, 6) is 4.05. The summed E-state index contributed by atoms with van der Waals surface area (Å²) in [4.78, 5) is 37.0. The lowest BCUT2D eigenvalue weighted by Crippen LogP contribution is -2.45. The fourth-order valence-electron chi connectivity index (χ4n) is 6.80. The largest absolute Gasteiger partial charge is 0.327 e. The van der Waals surface area contributed by atoms with Crippen molar-refractivity contribution in [3.63, 3.8) is 0 Å². The number of aliphatic imine (C=N–C) groups is 1. The monoisotopic (exact) mass is 737 g/mol. The Labute approximate surface area is 326 Å². The number of hydrogen-bond acceptors (Lipinski definition) is 6. The fourth-order valence-corrected chi connectivity index (χ4v) is 6.80. The molecule has 8 heteroatoms. The molecule has 292 valence electrons. The Morgan fingerprint density at radius 2 is 1.48 bits per heavy atom. The Morgan fingerprint density at radius 1 is 0.944 bits per heavy atom. The molecule has 1 amide bonds. The summed E-state index contributed by atoms with van der Waals surface area (Å²) in [6.07, 6.45) is 37.8. The third-order valence-electron chi connectivity index (χ3n) is 9.61. The molecule has 0 aromatic heterocycles. The highest BCUT2D eigenvalue weighted by Gasteiger charge is 2.41. The van der Waals surface area contributed by atoms with Crippen molar-refractivity contribution in [3.8, 4) is 12.5 Å². The molecule has 1 aromatic carbocycles. The van der Waals surface area contributed by atoms with Gasteiger partial charge in [-0.3, -0.25) is 14.9 Å². The predicted molar refractivity (Wildman–Crippen MR) is 228 cm³/mol. The second-order valence-corrected chi connectivity index (χ2v) is 14.6. The first-order chi connectivity index (χ1) is 25.9. The van der Waals surface area contributed by atoms with Gasteiger partial charge in [0.15, 0.2) is 6.21 Å². The number of carbonyl (C=O) groups excluding carboxylic acids is 3. The third-order valence-corrected chi connectivity index (χ3v) is 9.61. The summed E-state index contributed by atoms with van der Waals surface area (Å²) >= 11 is 0. The second kappa shape index (κ2) is 27.0. The van der Waals surface area contributed by atoms with Crippen molar-refractivity contribution in [1.29, 1.82) is 0 Å². The maximum Gasteiger partial charge on any atom is 0.241 e. The number of benzene rings is 1. The lowest BCUT2D eigenvalue weighted by molar-refractivity contribution is -0.458. The fraction of sp³-hybridized carbons (Fsp3) is 0.457. The van der Waals surface area contributed by atoms with Crippen LogP contribution in [0.4, 0.5) is 0 Å². The van der Waals surface area contributed by atoms with Crippen molar-refractivity contribution in [3.05, 3.63) is 110 Å². The molecule has 5 aliphatic carbocycles. The van der Waals surface area contributed by atoms with Crippen LogP contribution in [0.5, 0.6) is 0 Å². The van der Waals surface area contributed by atoms with Gasteiger partial charge in [0.05, 0.1) is 11.7 Å². The van der Waals surface area contributed by atoms with Crippen LogP contribution in [0.3, 0.4) is 0 Å². The smallest absolute Gasteiger partial charge is 0.241 e. The van der Waals surface area contributed by atoms with E-state index in [1.54, 1.807) is 11.0 Å². The van der Waals surface area contributed by atoms with E-state index < -0.39 is 0 Å². The normalized spacial score (nSPS) is 26.0. The molecular formula is C46H66N5O3+. The molecule has 7 atom stereocenters. The van der Waals surface area contributed by atoms with Crippen LogP contribution in [0, 0.1) is 48.0 Å². The van der Waals surface area contributed by atoms with Crippen LogP contribution in [0.2, 0.25) is 0 Å². The summed E-state index contributed by atoms with van der Waals surface area (Å²) in [5.41, 5.74) is 0.954. The zero-order valence-corrected chi connectivity index (χ0v) is 33.8. The van der Waals surface area contributed by atoms with E-state index in [9.17, 15) is 9.59 Å². The van der Waals surface area contributed by atoms with Crippen molar-refractivity contribution >= 4 is 30.9 Å². The Balaban J connectivity index is 0.000000339. The van der Waals surface area contributed by atoms with Crippen molar-refractivity contribution in [2.45, 2.75) is 64.1 Å². The molecule has 8 nitrogen and oxygen atoms in total. The number of rotatable bonds is 6. The minimum absolute atomic E-state index is 0.0950. The van der Waals surface area contributed by atoms with E-state index in [1.165, 1.54) is 30.9 Å². The van der Waals surface area contributed by atoms with Gasteiger partial charge in [-0.25, -0.2) is 9.57 Å². The number of aldehydes is 2. The number of allylic oxidation sites excluding steroid dienone is 10. The first-order valence-electron chi connectivity index (χ1n) is 18.9. The third kappa shape index (κ3) is 17.9. The van der Waals surface area contributed by atoms with E-state index in [2.05, 4.69) is 95.6 Å². The zero-order chi connectivity index (χ0) is 40.4. The number of hydrogen-bond donors (Lipinski definition) is 2. The quantitative estimate of drug-likeness (QED) is 0.0831. The molecule has 3 fully saturated rings. The van der Waals surface area contributed by atoms with Gasteiger partial charge in [0.2, 0.25) is 5.91 Å². The van der Waals surface area contributed by atoms with Gasteiger partial charge in [0.25, 0.3) is 0 Å². The lowest BCUT2D eigenvalue weighted by atomic mass is 9.95.